The van der Waals surface area contributed by atoms with E-state index >= 15 is 0 Å². The smallest absolute Gasteiger partial charge is 0.0543 e. The van der Waals surface area contributed by atoms with Crippen molar-refractivity contribution in [2.24, 2.45) is 52.3 Å². The van der Waals surface area contributed by atoms with Crippen molar-refractivity contribution < 1.29 is 5.11 Å². The van der Waals surface area contributed by atoms with Gasteiger partial charge in [0.2, 0.25) is 0 Å². The SMILES string of the molecule is CCC(C)[C@@H](C)CC[C@@H](C)[C@H]1CC[C@H]2C3=CCC4CC(O)CC[C@]4(C)[C@H]3CC[C@]12C. The van der Waals surface area contributed by atoms with Crippen LogP contribution in [0.2, 0.25) is 0 Å². The van der Waals surface area contributed by atoms with Crippen LogP contribution in [-0.4, -0.2) is 11.2 Å². The molecule has 3 unspecified atom stereocenters. The molecule has 0 bridgehead atoms. The van der Waals surface area contributed by atoms with Crippen molar-refractivity contribution in [3.8, 4) is 0 Å². The van der Waals surface area contributed by atoms with Crippen LogP contribution in [0.4, 0.5) is 0 Å². The first-order valence-corrected chi connectivity index (χ1v) is 13.6. The zero-order valence-corrected chi connectivity index (χ0v) is 20.9. The third-order valence-corrected chi connectivity index (χ3v) is 11.5. The number of rotatable bonds is 6. The summed E-state index contributed by atoms with van der Waals surface area (Å²) in [7, 11) is 0. The molecule has 4 rings (SSSR count). The standard InChI is InChI=1S/C29H50O/c1-7-19(2)20(3)8-9-21(4)25-12-13-26-24-11-10-22-18-23(30)14-16-28(22,5)27(24)15-17-29(25,26)6/h11,19-23,25-27,30H,7-10,12-18H2,1-6H3/t19?,20-,21+,22?,23?,25+,26-,27-,28-,29+/m0/s1. The molecule has 4 aliphatic rings. The number of aliphatic hydroxyl groups is 1. The Balaban J connectivity index is 1.47. The number of fused-ring (bicyclic) bond motifs is 5. The third-order valence-electron chi connectivity index (χ3n) is 11.5. The molecule has 0 spiro atoms. The van der Waals surface area contributed by atoms with Crippen molar-refractivity contribution in [2.75, 3.05) is 0 Å². The van der Waals surface area contributed by atoms with Gasteiger partial charge in [-0.2, -0.15) is 0 Å². The van der Waals surface area contributed by atoms with Gasteiger partial charge in [-0.25, -0.2) is 0 Å². The van der Waals surface area contributed by atoms with Gasteiger partial charge in [-0.15, -0.1) is 0 Å². The molecule has 1 nitrogen and oxygen atoms in total. The molecule has 3 fully saturated rings. The van der Waals surface area contributed by atoms with Crippen molar-refractivity contribution >= 4 is 0 Å². The average molecular weight is 415 g/mol. The van der Waals surface area contributed by atoms with E-state index in [0.29, 0.717) is 10.8 Å². The van der Waals surface area contributed by atoms with Crippen molar-refractivity contribution in [1.82, 2.24) is 0 Å². The van der Waals surface area contributed by atoms with E-state index in [4.69, 9.17) is 0 Å². The maximum Gasteiger partial charge on any atom is 0.0543 e. The number of allylic oxidation sites excluding steroid dienone is 2. The fraction of sp³-hybridized carbons (Fsp3) is 0.931. The number of hydrogen-bond donors (Lipinski definition) is 1. The Morgan fingerprint density at radius 3 is 2.37 bits per heavy atom. The average Bonchev–Trinajstić information content (AvgIpc) is 3.09. The highest BCUT2D eigenvalue weighted by molar-refractivity contribution is 5.27. The van der Waals surface area contributed by atoms with E-state index in [1.165, 1.54) is 57.8 Å². The van der Waals surface area contributed by atoms with Gasteiger partial charge < -0.3 is 5.11 Å². The third kappa shape index (κ3) is 3.74. The Bertz CT molecular complexity index is 636. The summed E-state index contributed by atoms with van der Waals surface area (Å²) in [6, 6.07) is 0. The highest BCUT2D eigenvalue weighted by Crippen LogP contribution is 2.67. The largest absolute Gasteiger partial charge is 0.393 e. The summed E-state index contributed by atoms with van der Waals surface area (Å²) < 4.78 is 0. The minimum atomic E-state index is -0.0404. The minimum absolute atomic E-state index is 0.0404. The Morgan fingerprint density at radius 1 is 0.933 bits per heavy atom. The van der Waals surface area contributed by atoms with E-state index < -0.39 is 0 Å². The normalized spacial score (nSPS) is 46.2. The zero-order valence-electron chi connectivity index (χ0n) is 20.9. The summed E-state index contributed by atoms with van der Waals surface area (Å²) in [6.45, 7) is 15.1. The van der Waals surface area contributed by atoms with E-state index in [1.807, 2.05) is 5.57 Å². The lowest BCUT2D eigenvalue weighted by Gasteiger charge is -2.57. The van der Waals surface area contributed by atoms with Gasteiger partial charge in [0.25, 0.3) is 0 Å². The topological polar surface area (TPSA) is 20.2 Å². The summed E-state index contributed by atoms with van der Waals surface area (Å²) in [5, 5.41) is 10.3. The number of hydrogen-bond acceptors (Lipinski definition) is 1. The monoisotopic (exact) mass is 414 g/mol. The van der Waals surface area contributed by atoms with Crippen LogP contribution in [0, 0.1) is 52.3 Å². The maximum absolute atomic E-state index is 10.3. The molecule has 0 aromatic rings. The first-order valence-electron chi connectivity index (χ1n) is 13.6. The second kappa shape index (κ2) is 8.57. The minimum Gasteiger partial charge on any atom is -0.393 e. The highest BCUT2D eigenvalue weighted by atomic mass is 16.3. The zero-order chi connectivity index (χ0) is 21.7. The summed E-state index contributed by atoms with van der Waals surface area (Å²) in [4.78, 5) is 0. The predicted octanol–water partition coefficient (Wildman–Crippen LogP) is 8.02. The Morgan fingerprint density at radius 2 is 1.63 bits per heavy atom. The molecule has 1 N–H and O–H groups in total. The van der Waals surface area contributed by atoms with Gasteiger partial charge in [0.1, 0.15) is 0 Å². The van der Waals surface area contributed by atoms with Crippen molar-refractivity contribution in [3.05, 3.63) is 11.6 Å². The van der Waals surface area contributed by atoms with Gasteiger partial charge in [-0.3, -0.25) is 0 Å². The van der Waals surface area contributed by atoms with E-state index in [2.05, 4.69) is 47.6 Å². The van der Waals surface area contributed by atoms with Gasteiger partial charge in [0, 0.05) is 0 Å². The van der Waals surface area contributed by atoms with E-state index in [1.54, 1.807) is 0 Å². The van der Waals surface area contributed by atoms with E-state index in [-0.39, 0.29) is 6.10 Å². The first-order chi connectivity index (χ1) is 14.2. The summed E-state index contributed by atoms with van der Waals surface area (Å²) in [6.07, 6.45) is 17.1. The molecular weight excluding hydrogens is 364 g/mol. The maximum atomic E-state index is 10.3. The molecule has 4 aliphatic carbocycles. The van der Waals surface area contributed by atoms with Crippen LogP contribution in [0.3, 0.4) is 0 Å². The molecule has 0 heterocycles. The Labute approximate surface area is 187 Å². The quantitative estimate of drug-likeness (QED) is 0.436. The second-order valence-corrected chi connectivity index (χ2v) is 12.8. The second-order valence-electron chi connectivity index (χ2n) is 12.8. The lowest BCUT2D eigenvalue weighted by molar-refractivity contribution is -0.0428. The fourth-order valence-corrected chi connectivity index (χ4v) is 8.88. The molecule has 0 amide bonds. The van der Waals surface area contributed by atoms with Crippen LogP contribution in [-0.2, 0) is 0 Å². The van der Waals surface area contributed by atoms with E-state index in [0.717, 1.165) is 54.3 Å². The molecule has 3 saturated carbocycles. The molecule has 0 aromatic heterocycles. The molecule has 172 valence electrons. The van der Waals surface area contributed by atoms with Gasteiger partial charge in [-0.05, 0) is 104 Å². The van der Waals surface area contributed by atoms with Crippen LogP contribution in [0.5, 0.6) is 0 Å². The van der Waals surface area contributed by atoms with Gasteiger partial charge >= 0.3 is 0 Å². The molecular formula is C29H50O. The lowest BCUT2D eigenvalue weighted by atomic mass is 9.47. The van der Waals surface area contributed by atoms with Gasteiger partial charge in [0.05, 0.1) is 6.10 Å². The summed E-state index contributed by atoms with van der Waals surface area (Å²) >= 11 is 0. The van der Waals surface area contributed by atoms with Crippen molar-refractivity contribution in [3.63, 3.8) is 0 Å². The van der Waals surface area contributed by atoms with Crippen molar-refractivity contribution in [1.29, 1.82) is 0 Å². The summed E-state index contributed by atoms with van der Waals surface area (Å²) in [5.74, 6) is 5.92. The first kappa shape index (κ1) is 22.9. The lowest BCUT2D eigenvalue weighted by Crippen LogP contribution is -2.49. The van der Waals surface area contributed by atoms with Gasteiger partial charge in [0.15, 0.2) is 0 Å². The molecule has 30 heavy (non-hydrogen) atoms. The predicted molar refractivity (Wildman–Crippen MR) is 128 cm³/mol. The fourth-order valence-electron chi connectivity index (χ4n) is 8.88. The molecule has 10 atom stereocenters. The molecule has 0 saturated heterocycles. The summed E-state index contributed by atoms with van der Waals surface area (Å²) in [5.41, 5.74) is 2.88. The molecule has 1 heteroatoms. The van der Waals surface area contributed by atoms with Crippen LogP contribution < -0.4 is 0 Å². The number of aliphatic hydroxyl groups excluding tert-OH is 1. The molecule has 0 radical (unpaired) electrons. The highest BCUT2D eigenvalue weighted by Gasteiger charge is 2.58. The van der Waals surface area contributed by atoms with Crippen LogP contribution in [0.1, 0.15) is 112 Å². The van der Waals surface area contributed by atoms with Crippen LogP contribution >= 0.6 is 0 Å². The Kier molecular flexibility index (Phi) is 6.53. The molecule has 0 aliphatic heterocycles. The van der Waals surface area contributed by atoms with Crippen LogP contribution in [0.25, 0.3) is 0 Å². The van der Waals surface area contributed by atoms with Crippen LogP contribution in [0.15, 0.2) is 11.6 Å². The van der Waals surface area contributed by atoms with Crippen molar-refractivity contribution in [2.45, 2.75) is 118 Å². The van der Waals surface area contributed by atoms with E-state index in [9.17, 15) is 5.11 Å². The molecule has 0 aromatic carbocycles. The van der Waals surface area contributed by atoms with Gasteiger partial charge in [-0.1, -0.05) is 72.5 Å². The Hall–Kier alpha value is -0.300.